The first-order valence-corrected chi connectivity index (χ1v) is 7.94. The van der Waals surface area contributed by atoms with Gasteiger partial charge in [0, 0.05) is 11.0 Å². The van der Waals surface area contributed by atoms with Crippen molar-refractivity contribution >= 4 is 11.7 Å². The molecule has 0 atom stereocenters. The van der Waals surface area contributed by atoms with Gasteiger partial charge in [0.25, 0.3) is 5.91 Å². The first-order chi connectivity index (χ1) is 11.4. The highest BCUT2D eigenvalue weighted by atomic mass is 16.5. The lowest BCUT2D eigenvalue weighted by Crippen LogP contribution is -2.35. The van der Waals surface area contributed by atoms with E-state index in [4.69, 9.17) is 4.74 Å². The minimum Gasteiger partial charge on any atom is -0.489 e. The van der Waals surface area contributed by atoms with Gasteiger partial charge in [-0.1, -0.05) is 51.1 Å². The van der Waals surface area contributed by atoms with E-state index in [0.717, 1.165) is 5.56 Å². The third kappa shape index (κ3) is 5.23. The SMILES string of the molecule is CC(C)(C)C(=O)CNC(=O)c1ccc(OCc2ccccc2)cc1. The Labute approximate surface area is 142 Å². The summed E-state index contributed by atoms with van der Waals surface area (Å²) in [6, 6.07) is 16.8. The highest BCUT2D eigenvalue weighted by Crippen LogP contribution is 2.15. The summed E-state index contributed by atoms with van der Waals surface area (Å²) in [6.45, 7) is 6.02. The number of rotatable bonds is 6. The van der Waals surface area contributed by atoms with Crippen molar-refractivity contribution < 1.29 is 14.3 Å². The maximum atomic E-state index is 12.1. The maximum absolute atomic E-state index is 12.1. The first-order valence-electron chi connectivity index (χ1n) is 7.94. The molecular weight excluding hydrogens is 302 g/mol. The molecule has 0 saturated carbocycles. The standard InChI is InChI=1S/C20H23NO3/c1-20(2,3)18(22)13-21-19(23)16-9-11-17(12-10-16)24-14-15-7-5-4-6-8-15/h4-12H,13-14H2,1-3H3,(H,21,23). The van der Waals surface area contributed by atoms with Gasteiger partial charge in [0.1, 0.15) is 12.4 Å². The molecule has 0 heterocycles. The van der Waals surface area contributed by atoms with Crippen LogP contribution in [0.5, 0.6) is 5.75 Å². The number of ether oxygens (including phenoxy) is 1. The molecule has 0 unspecified atom stereocenters. The fourth-order valence-electron chi connectivity index (χ4n) is 1.97. The van der Waals surface area contributed by atoms with Crippen LogP contribution in [0, 0.1) is 5.41 Å². The molecule has 2 aromatic carbocycles. The average molecular weight is 325 g/mol. The summed E-state index contributed by atoms with van der Waals surface area (Å²) in [4.78, 5) is 23.9. The minimum absolute atomic E-state index is 0.00124. The number of amides is 1. The Morgan fingerprint density at radius 3 is 2.17 bits per heavy atom. The van der Waals surface area contributed by atoms with Gasteiger partial charge in [-0.2, -0.15) is 0 Å². The van der Waals surface area contributed by atoms with Crippen molar-refractivity contribution in [2.45, 2.75) is 27.4 Å². The molecule has 2 aromatic rings. The highest BCUT2D eigenvalue weighted by molar-refractivity contribution is 5.97. The Morgan fingerprint density at radius 2 is 1.58 bits per heavy atom. The summed E-state index contributed by atoms with van der Waals surface area (Å²) in [5.74, 6) is 0.432. The lowest BCUT2D eigenvalue weighted by Gasteiger charge is -2.16. The number of carbonyl (C=O) groups excluding carboxylic acids is 2. The van der Waals surface area contributed by atoms with Crippen molar-refractivity contribution in [1.82, 2.24) is 5.32 Å². The van der Waals surface area contributed by atoms with E-state index in [-0.39, 0.29) is 18.2 Å². The van der Waals surface area contributed by atoms with Gasteiger partial charge in [-0.05, 0) is 29.8 Å². The van der Waals surface area contributed by atoms with E-state index in [1.54, 1.807) is 24.3 Å². The fourth-order valence-corrected chi connectivity index (χ4v) is 1.97. The molecule has 24 heavy (non-hydrogen) atoms. The molecule has 4 heteroatoms. The second-order valence-corrected chi connectivity index (χ2v) is 6.65. The molecule has 0 radical (unpaired) electrons. The molecule has 126 valence electrons. The lowest BCUT2D eigenvalue weighted by molar-refractivity contribution is -0.125. The van der Waals surface area contributed by atoms with E-state index in [9.17, 15) is 9.59 Å². The predicted molar refractivity (Wildman–Crippen MR) is 94.0 cm³/mol. The topological polar surface area (TPSA) is 55.4 Å². The van der Waals surface area contributed by atoms with E-state index in [0.29, 0.717) is 17.9 Å². The van der Waals surface area contributed by atoms with Crippen molar-refractivity contribution in [1.29, 1.82) is 0 Å². The maximum Gasteiger partial charge on any atom is 0.251 e. The molecule has 4 nitrogen and oxygen atoms in total. The Hall–Kier alpha value is -2.62. The zero-order valence-corrected chi connectivity index (χ0v) is 14.3. The second-order valence-electron chi connectivity index (χ2n) is 6.65. The van der Waals surface area contributed by atoms with E-state index in [1.807, 2.05) is 51.1 Å². The molecule has 0 aliphatic carbocycles. The smallest absolute Gasteiger partial charge is 0.251 e. The number of benzene rings is 2. The monoisotopic (exact) mass is 325 g/mol. The molecule has 0 fully saturated rings. The number of ketones is 1. The molecule has 0 bridgehead atoms. The fraction of sp³-hybridized carbons (Fsp3) is 0.300. The van der Waals surface area contributed by atoms with E-state index in [2.05, 4.69) is 5.32 Å². The first kappa shape index (κ1) is 17.7. The third-order valence-electron chi connectivity index (χ3n) is 3.61. The Kier molecular flexibility index (Phi) is 5.74. The number of carbonyl (C=O) groups is 2. The number of Topliss-reactive ketones (excluding diaryl/α,β-unsaturated/α-hetero) is 1. The van der Waals surface area contributed by atoms with Crippen molar-refractivity contribution in [2.75, 3.05) is 6.54 Å². The quantitative estimate of drug-likeness (QED) is 0.882. The van der Waals surface area contributed by atoms with Crippen LogP contribution in [-0.2, 0) is 11.4 Å². The van der Waals surface area contributed by atoms with Gasteiger partial charge in [0.05, 0.1) is 6.54 Å². The summed E-state index contributed by atoms with van der Waals surface area (Å²) in [6.07, 6.45) is 0. The summed E-state index contributed by atoms with van der Waals surface area (Å²) in [7, 11) is 0. The second kappa shape index (κ2) is 7.77. The summed E-state index contributed by atoms with van der Waals surface area (Å²) < 4.78 is 5.68. The predicted octanol–water partition coefficient (Wildman–Crippen LogP) is 3.61. The zero-order chi connectivity index (χ0) is 17.6. The normalized spacial score (nSPS) is 11.0. The van der Waals surface area contributed by atoms with E-state index in [1.165, 1.54) is 0 Å². The average Bonchev–Trinajstić information content (AvgIpc) is 2.58. The van der Waals surface area contributed by atoms with Crippen molar-refractivity contribution in [2.24, 2.45) is 5.41 Å². The molecule has 2 rings (SSSR count). The number of nitrogens with one attached hydrogen (secondary N) is 1. The van der Waals surface area contributed by atoms with Crippen LogP contribution < -0.4 is 10.1 Å². The van der Waals surface area contributed by atoms with Crippen LogP contribution in [0.2, 0.25) is 0 Å². The number of hydrogen-bond donors (Lipinski definition) is 1. The molecule has 0 aromatic heterocycles. The summed E-state index contributed by atoms with van der Waals surface area (Å²) in [5, 5.41) is 2.65. The minimum atomic E-state index is -0.456. The number of hydrogen-bond acceptors (Lipinski definition) is 3. The van der Waals surface area contributed by atoms with Crippen LogP contribution in [0.15, 0.2) is 54.6 Å². The molecule has 0 aliphatic heterocycles. The van der Waals surface area contributed by atoms with Gasteiger partial charge < -0.3 is 10.1 Å². The molecule has 0 saturated heterocycles. The molecule has 0 spiro atoms. The van der Waals surface area contributed by atoms with Crippen LogP contribution in [0.25, 0.3) is 0 Å². The Balaban J connectivity index is 1.87. The lowest BCUT2D eigenvalue weighted by atomic mass is 9.91. The van der Waals surface area contributed by atoms with Gasteiger partial charge in [-0.15, -0.1) is 0 Å². The van der Waals surface area contributed by atoms with Crippen molar-refractivity contribution in [3.63, 3.8) is 0 Å². The van der Waals surface area contributed by atoms with Crippen molar-refractivity contribution in [3.05, 3.63) is 65.7 Å². The largest absolute Gasteiger partial charge is 0.489 e. The van der Waals surface area contributed by atoms with Crippen LogP contribution in [-0.4, -0.2) is 18.2 Å². The van der Waals surface area contributed by atoms with Crippen LogP contribution in [0.4, 0.5) is 0 Å². The van der Waals surface area contributed by atoms with Crippen LogP contribution in [0.3, 0.4) is 0 Å². The van der Waals surface area contributed by atoms with Crippen molar-refractivity contribution in [3.8, 4) is 5.75 Å². The summed E-state index contributed by atoms with van der Waals surface area (Å²) in [5.41, 5.74) is 1.13. The van der Waals surface area contributed by atoms with Gasteiger partial charge in [0.15, 0.2) is 5.78 Å². The van der Waals surface area contributed by atoms with Crippen LogP contribution in [0.1, 0.15) is 36.7 Å². The zero-order valence-electron chi connectivity index (χ0n) is 14.3. The van der Waals surface area contributed by atoms with Gasteiger partial charge >= 0.3 is 0 Å². The molecule has 1 N–H and O–H groups in total. The summed E-state index contributed by atoms with van der Waals surface area (Å²) >= 11 is 0. The Morgan fingerprint density at radius 1 is 0.958 bits per heavy atom. The molecule has 1 amide bonds. The molecule has 0 aliphatic rings. The van der Waals surface area contributed by atoms with E-state index < -0.39 is 5.41 Å². The van der Waals surface area contributed by atoms with Crippen LogP contribution >= 0.6 is 0 Å². The molecular formula is C20H23NO3. The van der Waals surface area contributed by atoms with E-state index >= 15 is 0 Å². The van der Waals surface area contributed by atoms with Gasteiger partial charge in [0.2, 0.25) is 0 Å². The Bertz CT molecular complexity index is 685. The van der Waals surface area contributed by atoms with Gasteiger partial charge in [-0.25, -0.2) is 0 Å². The third-order valence-corrected chi connectivity index (χ3v) is 3.61. The highest BCUT2D eigenvalue weighted by Gasteiger charge is 2.21. The van der Waals surface area contributed by atoms with Gasteiger partial charge in [-0.3, -0.25) is 9.59 Å².